The number of rotatable bonds is 9. The fourth-order valence-electron chi connectivity index (χ4n) is 6.11. The second kappa shape index (κ2) is 12.8. The van der Waals surface area contributed by atoms with Crippen molar-refractivity contribution >= 4 is 40.2 Å². The van der Waals surface area contributed by atoms with Gasteiger partial charge in [-0.05, 0) is 63.5 Å². The molecule has 4 heterocycles. The molecular weight excluding hydrogens is 592 g/mol. The zero-order valence-electron chi connectivity index (χ0n) is 25.9. The summed E-state index contributed by atoms with van der Waals surface area (Å²) in [6, 6.07) is 12.5. The summed E-state index contributed by atoms with van der Waals surface area (Å²) < 4.78 is 20.7. The monoisotopic (exact) mass is 628 g/mol. The predicted octanol–water partition coefficient (Wildman–Crippen LogP) is 3.78. The number of ether oxygens (including phenoxy) is 3. The number of esters is 1. The molecule has 0 saturated carbocycles. The van der Waals surface area contributed by atoms with Crippen molar-refractivity contribution in [3.8, 4) is 11.5 Å². The van der Waals surface area contributed by atoms with Gasteiger partial charge < -0.3 is 23.7 Å². The Labute approximate surface area is 264 Å². The van der Waals surface area contributed by atoms with Gasteiger partial charge >= 0.3 is 5.97 Å². The first-order valence-corrected chi connectivity index (χ1v) is 16.0. The summed E-state index contributed by atoms with van der Waals surface area (Å²) in [5, 5.41) is 0.939. The Morgan fingerprint density at radius 2 is 1.84 bits per heavy atom. The van der Waals surface area contributed by atoms with Gasteiger partial charge in [-0.15, -0.1) is 0 Å². The zero-order valence-corrected chi connectivity index (χ0v) is 26.7. The van der Waals surface area contributed by atoms with Crippen LogP contribution in [0.25, 0.3) is 17.0 Å². The number of carbonyl (C=O) groups is 2. The Kier molecular flexibility index (Phi) is 8.62. The molecule has 1 amide bonds. The summed E-state index contributed by atoms with van der Waals surface area (Å²) in [5.74, 6) is 0.615. The number of methoxy groups -OCH3 is 1. The number of allylic oxidation sites excluding steroid dienone is 1. The number of hydrogen-bond donors (Lipinski definition) is 0. The lowest BCUT2D eigenvalue weighted by molar-refractivity contribution is -0.139. The van der Waals surface area contributed by atoms with Gasteiger partial charge in [0.25, 0.3) is 5.56 Å². The van der Waals surface area contributed by atoms with Crippen molar-refractivity contribution in [2.45, 2.75) is 46.2 Å². The lowest BCUT2D eigenvalue weighted by atomic mass is 9.95. The summed E-state index contributed by atoms with van der Waals surface area (Å²) in [5.41, 5.74) is 2.91. The van der Waals surface area contributed by atoms with Crippen LogP contribution in [0.3, 0.4) is 0 Å². The summed E-state index contributed by atoms with van der Waals surface area (Å²) in [4.78, 5) is 47.7. The van der Waals surface area contributed by atoms with E-state index in [4.69, 9.17) is 19.2 Å². The van der Waals surface area contributed by atoms with E-state index in [1.54, 1.807) is 37.7 Å². The Morgan fingerprint density at radius 1 is 1.07 bits per heavy atom. The fraction of sp³-hybridized carbons (Fsp3) is 0.353. The highest BCUT2D eigenvalue weighted by Gasteiger charge is 2.34. The van der Waals surface area contributed by atoms with Crippen LogP contribution in [0.2, 0.25) is 0 Å². The Bertz CT molecular complexity index is 2000. The number of nitrogens with zero attached hydrogens (tertiary/aromatic N) is 4. The number of fused-ring (bicyclic) bond motifs is 2. The van der Waals surface area contributed by atoms with Crippen molar-refractivity contribution < 1.29 is 23.8 Å². The first-order valence-electron chi connectivity index (χ1n) is 15.2. The first-order chi connectivity index (χ1) is 21.8. The van der Waals surface area contributed by atoms with Crippen LogP contribution < -0.4 is 24.4 Å². The minimum absolute atomic E-state index is 0.0899. The molecule has 11 heteroatoms. The minimum atomic E-state index is -0.785. The van der Waals surface area contributed by atoms with E-state index >= 15 is 0 Å². The first kappa shape index (κ1) is 30.4. The largest absolute Gasteiger partial charge is 0.493 e. The van der Waals surface area contributed by atoms with E-state index in [1.807, 2.05) is 59.0 Å². The number of para-hydroxylation sites is 1. The number of thiazole rings is 1. The molecule has 2 aromatic heterocycles. The van der Waals surface area contributed by atoms with Gasteiger partial charge in [0.15, 0.2) is 16.3 Å². The van der Waals surface area contributed by atoms with E-state index < -0.39 is 12.0 Å². The van der Waals surface area contributed by atoms with E-state index in [1.165, 1.54) is 11.3 Å². The Hall–Kier alpha value is -4.64. The van der Waals surface area contributed by atoms with Gasteiger partial charge in [0.1, 0.15) is 6.54 Å². The van der Waals surface area contributed by atoms with Crippen LogP contribution in [0.5, 0.6) is 11.5 Å². The average molecular weight is 629 g/mol. The zero-order chi connectivity index (χ0) is 31.7. The molecule has 4 aromatic rings. The molecule has 0 radical (unpaired) electrons. The number of hydrogen-bond acceptors (Lipinski definition) is 8. The second-order valence-electron chi connectivity index (χ2n) is 11.0. The number of benzene rings is 2. The number of amides is 1. The van der Waals surface area contributed by atoms with Crippen LogP contribution in [0.15, 0.2) is 69.7 Å². The molecule has 45 heavy (non-hydrogen) atoms. The summed E-state index contributed by atoms with van der Waals surface area (Å²) in [6.45, 7) is 7.80. The topological polar surface area (TPSA) is 104 Å². The molecule has 1 fully saturated rings. The molecular formula is C34H36N4O6S. The summed E-state index contributed by atoms with van der Waals surface area (Å²) >= 11 is 1.26. The Balaban J connectivity index is 1.49. The predicted molar refractivity (Wildman–Crippen MR) is 172 cm³/mol. The van der Waals surface area contributed by atoms with Crippen LogP contribution in [-0.4, -0.2) is 59.3 Å². The third-order valence-corrected chi connectivity index (χ3v) is 9.17. The van der Waals surface area contributed by atoms with E-state index in [0.29, 0.717) is 44.3 Å². The fourth-order valence-corrected chi connectivity index (χ4v) is 7.15. The smallest absolute Gasteiger partial charge is 0.338 e. The summed E-state index contributed by atoms with van der Waals surface area (Å²) in [6.07, 6.45) is 5.85. The van der Waals surface area contributed by atoms with Crippen LogP contribution in [0.1, 0.15) is 50.8 Å². The highest BCUT2D eigenvalue weighted by atomic mass is 32.1. The summed E-state index contributed by atoms with van der Waals surface area (Å²) in [7, 11) is 1.56. The standard InChI is InChI=1S/C34H36N4O6S/c1-5-43-27-17-22(13-14-26(27)42-4)31-30(33(41)44-6-2)21(3)35-34-38(31)32(40)28(45-34)18-23-19-37(25-12-8-7-11-24(23)25)20-29(39)36-15-9-10-16-36/h7-8,11-14,17-19,31H,5-6,9-10,15-16,20H2,1-4H3/b28-18+/t31-/m1/s1. The molecule has 2 aliphatic rings. The maximum absolute atomic E-state index is 14.2. The quantitative estimate of drug-likeness (QED) is 0.262. The molecule has 10 nitrogen and oxygen atoms in total. The molecule has 0 spiro atoms. The molecule has 234 valence electrons. The van der Waals surface area contributed by atoms with Crippen molar-refractivity contribution in [1.29, 1.82) is 0 Å². The van der Waals surface area contributed by atoms with Crippen molar-refractivity contribution in [2.75, 3.05) is 33.4 Å². The molecule has 2 aliphatic heterocycles. The van der Waals surface area contributed by atoms with Crippen molar-refractivity contribution in [2.24, 2.45) is 4.99 Å². The molecule has 0 unspecified atom stereocenters. The second-order valence-corrected chi connectivity index (χ2v) is 12.0. The molecule has 0 aliphatic carbocycles. The highest BCUT2D eigenvalue weighted by Crippen LogP contribution is 2.36. The van der Waals surface area contributed by atoms with Crippen LogP contribution in [0, 0.1) is 0 Å². The number of carbonyl (C=O) groups excluding carboxylic acids is 2. The number of likely N-dealkylation sites (tertiary alicyclic amines) is 1. The molecule has 1 atom stereocenters. The van der Waals surface area contributed by atoms with E-state index in [2.05, 4.69) is 0 Å². The maximum Gasteiger partial charge on any atom is 0.338 e. The highest BCUT2D eigenvalue weighted by molar-refractivity contribution is 7.07. The SMILES string of the molecule is CCOC(=O)C1=C(C)N=c2s/c(=C/c3cn(CC(=O)N4CCCC4)c4ccccc34)c(=O)n2[C@@H]1c1ccc(OC)c(OCC)c1. The van der Waals surface area contributed by atoms with Gasteiger partial charge in [-0.25, -0.2) is 9.79 Å². The minimum Gasteiger partial charge on any atom is -0.493 e. The van der Waals surface area contributed by atoms with Gasteiger partial charge in [0.2, 0.25) is 5.91 Å². The lowest BCUT2D eigenvalue weighted by Gasteiger charge is -2.25. The third-order valence-electron chi connectivity index (χ3n) is 8.19. The normalized spacial score (nSPS) is 16.6. The van der Waals surface area contributed by atoms with E-state index in [-0.39, 0.29) is 24.6 Å². The van der Waals surface area contributed by atoms with Gasteiger partial charge in [0.05, 0.1) is 42.2 Å². The van der Waals surface area contributed by atoms with Crippen molar-refractivity contribution in [3.63, 3.8) is 0 Å². The van der Waals surface area contributed by atoms with E-state index in [9.17, 15) is 14.4 Å². The van der Waals surface area contributed by atoms with Gasteiger partial charge in [0, 0.05) is 35.8 Å². The Morgan fingerprint density at radius 3 is 2.58 bits per heavy atom. The van der Waals surface area contributed by atoms with Gasteiger partial charge in [-0.1, -0.05) is 35.6 Å². The maximum atomic E-state index is 14.2. The van der Waals surface area contributed by atoms with Crippen LogP contribution in [-0.2, 0) is 20.9 Å². The van der Waals surface area contributed by atoms with Crippen LogP contribution >= 0.6 is 11.3 Å². The molecule has 0 N–H and O–H groups in total. The van der Waals surface area contributed by atoms with Crippen LogP contribution in [0.4, 0.5) is 0 Å². The van der Waals surface area contributed by atoms with E-state index in [0.717, 1.165) is 42.4 Å². The molecule has 1 saturated heterocycles. The van der Waals surface area contributed by atoms with Gasteiger partial charge in [-0.3, -0.25) is 14.2 Å². The third kappa shape index (κ3) is 5.68. The van der Waals surface area contributed by atoms with Crippen molar-refractivity contribution in [3.05, 3.63) is 90.7 Å². The number of aromatic nitrogens is 2. The molecule has 6 rings (SSSR count). The van der Waals surface area contributed by atoms with Crippen molar-refractivity contribution in [1.82, 2.24) is 14.0 Å². The molecule has 0 bridgehead atoms. The van der Waals surface area contributed by atoms with Gasteiger partial charge in [-0.2, -0.15) is 0 Å². The molecule has 2 aromatic carbocycles. The lowest BCUT2D eigenvalue weighted by Crippen LogP contribution is -2.40. The average Bonchev–Trinajstić information content (AvgIpc) is 3.76.